The van der Waals surface area contributed by atoms with Gasteiger partial charge in [-0.25, -0.2) is 0 Å². The number of methoxy groups -OCH3 is 1. The van der Waals surface area contributed by atoms with Gasteiger partial charge in [0.2, 0.25) is 0 Å². The number of ether oxygens (including phenoxy) is 1. The van der Waals surface area contributed by atoms with Crippen LogP contribution < -0.4 is 15.4 Å². The van der Waals surface area contributed by atoms with E-state index in [1.54, 1.807) is 13.2 Å². The summed E-state index contributed by atoms with van der Waals surface area (Å²) in [6.07, 6.45) is 0.923. The molecule has 3 aromatic carbocycles. The molecular formula is C25H30NO2P. The van der Waals surface area contributed by atoms with Crippen molar-refractivity contribution in [3.05, 3.63) is 83.4 Å². The maximum absolute atomic E-state index is 10.8. The van der Waals surface area contributed by atoms with Crippen molar-refractivity contribution < 1.29 is 9.84 Å². The maximum atomic E-state index is 10.8. The number of aryl methyl sites for hydroxylation is 1. The minimum Gasteiger partial charge on any atom is -0.504 e. The van der Waals surface area contributed by atoms with E-state index >= 15 is 0 Å². The fraction of sp³-hybridized carbons (Fsp3) is 0.280. The summed E-state index contributed by atoms with van der Waals surface area (Å²) in [6, 6.07) is 22.6. The third kappa shape index (κ3) is 4.74. The maximum Gasteiger partial charge on any atom is 0.161 e. The number of aromatic hydroxyl groups is 1. The summed E-state index contributed by atoms with van der Waals surface area (Å²) >= 11 is 0. The van der Waals surface area contributed by atoms with Crippen LogP contribution in [-0.4, -0.2) is 12.2 Å². The molecule has 4 heteroatoms. The van der Waals surface area contributed by atoms with Gasteiger partial charge in [-0.1, -0.05) is 71.0 Å². The summed E-state index contributed by atoms with van der Waals surface area (Å²) in [6.45, 7) is 7.38. The average molecular weight is 407 g/mol. The molecule has 2 N–H and O–H groups in total. The van der Waals surface area contributed by atoms with Crippen molar-refractivity contribution in [2.24, 2.45) is 0 Å². The van der Waals surface area contributed by atoms with E-state index in [-0.39, 0.29) is 10.9 Å². The topological polar surface area (TPSA) is 41.5 Å². The van der Waals surface area contributed by atoms with E-state index in [9.17, 15) is 5.11 Å². The van der Waals surface area contributed by atoms with Crippen molar-refractivity contribution in [1.29, 1.82) is 0 Å². The van der Waals surface area contributed by atoms with Gasteiger partial charge in [0.05, 0.1) is 7.11 Å². The van der Waals surface area contributed by atoms with Crippen molar-refractivity contribution >= 4 is 19.6 Å². The minimum absolute atomic E-state index is 0.174. The summed E-state index contributed by atoms with van der Waals surface area (Å²) in [7, 11) is 2.13. The zero-order chi connectivity index (χ0) is 20.9. The Morgan fingerprint density at radius 3 is 2.41 bits per heavy atom. The van der Waals surface area contributed by atoms with Gasteiger partial charge in [-0.3, -0.25) is 0 Å². The third-order valence-electron chi connectivity index (χ3n) is 5.54. The normalized spacial score (nSPS) is 13.4. The highest BCUT2D eigenvalue weighted by Gasteiger charge is 2.30. The van der Waals surface area contributed by atoms with Gasteiger partial charge in [-0.2, -0.15) is 0 Å². The van der Waals surface area contributed by atoms with Crippen LogP contribution in [0.1, 0.15) is 37.0 Å². The van der Waals surface area contributed by atoms with Crippen LogP contribution in [0.3, 0.4) is 0 Å². The Hall–Kier alpha value is -2.51. The van der Waals surface area contributed by atoms with Gasteiger partial charge in [-0.15, -0.1) is 0 Å². The second kappa shape index (κ2) is 9.33. The first kappa shape index (κ1) is 21.2. The molecule has 2 unspecified atom stereocenters. The van der Waals surface area contributed by atoms with Gasteiger partial charge >= 0.3 is 0 Å². The van der Waals surface area contributed by atoms with Gasteiger partial charge < -0.3 is 15.2 Å². The van der Waals surface area contributed by atoms with Gasteiger partial charge in [0.25, 0.3) is 0 Å². The van der Waals surface area contributed by atoms with Crippen molar-refractivity contribution in [3.63, 3.8) is 0 Å². The zero-order valence-corrected chi connectivity index (χ0v) is 18.6. The van der Waals surface area contributed by atoms with E-state index in [2.05, 4.69) is 56.4 Å². The number of hydrogen-bond donors (Lipinski definition) is 2. The Balaban J connectivity index is 1.93. The molecule has 0 aliphatic heterocycles. The van der Waals surface area contributed by atoms with Crippen molar-refractivity contribution in [2.75, 3.05) is 12.4 Å². The molecule has 0 saturated carbocycles. The smallest absolute Gasteiger partial charge is 0.161 e. The average Bonchev–Trinajstić information content (AvgIpc) is 2.75. The summed E-state index contributed by atoms with van der Waals surface area (Å²) < 4.78 is 5.35. The Morgan fingerprint density at radius 2 is 1.72 bits per heavy atom. The molecule has 0 spiro atoms. The van der Waals surface area contributed by atoms with Crippen molar-refractivity contribution in [2.45, 2.75) is 38.9 Å². The lowest BCUT2D eigenvalue weighted by molar-refractivity contribution is 0.367. The zero-order valence-electron chi connectivity index (χ0n) is 17.6. The van der Waals surface area contributed by atoms with E-state index in [1.165, 1.54) is 16.4 Å². The highest BCUT2D eigenvalue weighted by Crippen LogP contribution is 2.49. The van der Waals surface area contributed by atoms with E-state index in [4.69, 9.17) is 4.74 Å². The molecule has 0 heterocycles. The van der Waals surface area contributed by atoms with Gasteiger partial charge in [0.15, 0.2) is 11.5 Å². The quantitative estimate of drug-likeness (QED) is 0.453. The predicted molar refractivity (Wildman–Crippen MR) is 125 cm³/mol. The highest BCUT2D eigenvalue weighted by atomic mass is 31.1. The second-order valence-electron chi connectivity index (χ2n) is 7.50. The minimum atomic E-state index is -0.174. The molecule has 0 amide bonds. The molecule has 0 aliphatic rings. The van der Waals surface area contributed by atoms with Gasteiger partial charge in [-0.05, 0) is 48.0 Å². The molecule has 0 aliphatic carbocycles. The number of para-hydroxylation sites is 2. The molecule has 0 radical (unpaired) electrons. The fourth-order valence-electron chi connectivity index (χ4n) is 3.56. The van der Waals surface area contributed by atoms with E-state index in [1.807, 2.05) is 30.3 Å². The molecular weight excluding hydrogens is 377 g/mol. The third-order valence-corrected chi connectivity index (χ3v) is 7.68. The van der Waals surface area contributed by atoms with Crippen LogP contribution in [0.2, 0.25) is 0 Å². The van der Waals surface area contributed by atoms with Crippen LogP contribution in [0.15, 0.2) is 66.7 Å². The number of hydrogen-bond acceptors (Lipinski definition) is 3. The Morgan fingerprint density at radius 1 is 1.00 bits per heavy atom. The molecule has 3 aromatic rings. The van der Waals surface area contributed by atoms with Crippen LogP contribution in [0, 0.1) is 6.92 Å². The van der Waals surface area contributed by atoms with Crippen LogP contribution in [0.5, 0.6) is 11.5 Å². The standard InChI is InChI=1S/C25H30NO2P/c1-5-25(3,21-15-10-16-22(28-4)23(21)27)29-24-18(2)11-9-12-19(24)17-26-20-13-7-6-8-14-20/h6-16,26-27,29H,5,17H2,1-4H3. The molecule has 0 aromatic heterocycles. The van der Waals surface area contributed by atoms with Crippen LogP contribution in [0.25, 0.3) is 0 Å². The number of nitrogens with one attached hydrogen (secondary N) is 1. The molecule has 0 saturated heterocycles. The Bertz CT molecular complexity index is 958. The lowest BCUT2D eigenvalue weighted by Crippen LogP contribution is -2.22. The second-order valence-corrected chi connectivity index (χ2v) is 9.35. The largest absolute Gasteiger partial charge is 0.504 e. The first-order valence-electron chi connectivity index (χ1n) is 10.0. The summed E-state index contributed by atoms with van der Waals surface area (Å²) in [4.78, 5) is 0. The van der Waals surface area contributed by atoms with Gasteiger partial charge in [0.1, 0.15) is 0 Å². The van der Waals surface area contributed by atoms with Crippen molar-refractivity contribution in [3.8, 4) is 11.5 Å². The van der Waals surface area contributed by atoms with Crippen LogP contribution >= 0.6 is 8.58 Å². The number of phenols is 1. The number of benzene rings is 3. The summed E-state index contributed by atoms with van der Waals surface area (Å²) in [5.74, 6) is 0.784. The molecule has 0 fully saturated rings. The van der Waals surface area contributed by atoms with Crippen LogP contribution in [-0.2, 0) is 11.7 Å². The Kier molecular flexibility index (Phi) is 6.82. The molecule has 2 atom stereocenters. The van der Waals surface area contributed by atoms with Crippen LogP contribution in [0.4, 0.5) is 5.69 Å². The number of rotatable bonds is 8. The summed E-state index contributed by atoms with van der Waals surface area (Å²) in [5.41, 5.74) is 4.65. The fourth-order valence-corrected chi connectivity index (χ4v) is 5.24. The first-order chi connectivity index (χ1) is 14.0. The number of phenolic OH excluding ortho intramolecular Hbond substituents is 1. The first-order valence-corrected chi connectivity index (χ1v) is 11.0. The molecule has 3 nitrogen and oxygen atoms in total. The highest BCUT2D eigenvalue weighted by molar-refractivity contribution is 7.48. The lowest BCUT2D eigenvalue weighted by atomic mass is 9.96. The number of anilines is 1. The van der Waals surface area contributed by atoms with E-state index < -0.39 is 0 Å². The van der Waals surface area contributed by atoms with E-state index in [0.717, 1.165) is 24.2 Å². The molecule has 152 valence electrons. The SMILES string of the molecule is CCC(C)(Pc1c(C)cccc1CNc1ccccc1)c1cccc(OC)c1O. The molecule has 0 bridgehead atoms. The van der Waals surface area contributed by atoms with Crippen molar-refractivity contribution in [1.82, 2.24) is 0 Å². The molecule has 29 heavy (non-hydrogen) atoms. The van der Waals surface area contributed by atoms with Gasteiger partial charge in [0, 0.05) is 23.0 Å². The van der Waals surface area contributed by atoms with E-state index in [0.29, 0.717) is 14.3 Å². The summed E-state index contributed by atoms with van der Waals surface area (Å²) in [5, 5.41) is 15.5. The Labute approximate surface area is 175 Å². The lowest BCUT2D eigenvalue weighted by Gasteiger charge is -2.32. The molecule has 3 rings (SSSR count). The predicted octanol–water partition coefficient (Wildman–Crippen LogP) is 5.95. The monoisotopic (exact) mass is 407 g/mol.